The zero-order valence-corrected chi connectivity index (χ0v) is 19.2. The van der Waals surface area contributed by atoms with E-state index in [4.69, 9.17) is 14.2 Å². The van der Waals surface area contributed by atoms with Gasteiger partial charge in [-0.1, -0.05) is 11.8 Å². The van der Waals surface area contributed by atoms with Gasteiger partial charge in [0.05, 0.1) is 32.0 Å². The summed E-state index contributed by atoms with van der Waals surface area (Å²) in [6, 6.07) is 0. The van der Waals surface area contributed by atoms with Crippen LogP contribution >= 0.6 is 0 Å². The maximum absolute atomic E-state index is 5.73. The van der Waals surface area contributed by atoms with Crippen molar-refractivity contribution in [1.29, 1.82) is 0 Å². The van der Waals surface area contributed by atoms with Crippen molar-refractivity contribution in [2.24, 2.45) is 5.92 Å². The molecule has 1 aliphatic heterocycles. The van der Waals surface area contributed by atoms with Gasteiger partial charge >= 0.3 is 0 Å². The van der Waals surface area contributed by atoms with Crippen LogP contribution < -0.4 is 5.32 Å². The third-order valence-electron chi connectivity index (χ3n) is 4.52. The molecule has 1 N–H and O–H groups in total. The van der Waals surface area contributed by atoms with Crippen molar-refractivity contribution in [2.45, 2.75) is 71.9 Å². The van der Waals surface area contributed by atoms with Crippen molar-refractivity contribution in [3.8, 4) is 11.8 Å². The van der Waals surface area contributed by atoms with E-state index in [2.05, 4.69) is 42.8 Å². The second kappa shape index (κ2) is 13.6. The molecule has 1 fully saturated rings. The van der Waals surface area contributed by atoms with Gasteiger partial charge in [0.1, 0.15) is 6.61 Å². The van der Waals surface area contributed by atoms with Gasteiger partial charge in [0.2, 0.25) is 0 Å². The second-order valence-corrected chi connectivity index (χ2v) is 9.67. The van der Waals surface area contributed by atoms with Gasteiger partial charge in [-0.15, -0.1) is 0 Å². The molecule has 0 aromatic rings. The fraction of sp³-hybridized carbons (Fsp3) is 0.913. The van der Waals surface area contributed by atoms with Crippen LogP contribution in [0.25, 0.3) is 0 Å². The van der Waals surface area contributed by atoms with Gasteiger partial charge in [-0.05, 0) is 73.4 Å². The number of rotatable bonds is 11. The van der Waals surface area contributed by atoms with Crippen LogP contribution in [0.15, 0.2) is 0 Å². The van der Waals surface area contributed by atoms with E-state index in [-0.39, 0.29) is 11.1 Å². The average Bonchev–Trinajstić information content (AvgIpc) is 2.60. The quantitative estimate of drug-likeness (QED) is 0.429. The number of hydrogen-bond acceptors (Lipinski definition) is 5. The summed E-state index contributed by atoms with van der Waals surface area (Å²) >= 11 is 0. The smallest absolute Gasteiger partial charge is 0.108 e. The molecule has 0 radical (unpaired) electrons. The van der Waals surface area contributed by atoms with Crippen LogP contribution in [0.1, 0.15) is 60.8 Å². The van der Waals surface area contributed by atoms with E-state index >= 15 is 0 Å². The molecule has 0 aromatic heterocycles. The predicted molar refractivity (Wildman–Crippen MR) is 117 cm³/mol. The van der Waals surface area contributed by atoms with Crippen molar-refractivity contribution in [3.63, 3.8) is 0 Å². The highest BCUT2D eigenvalue weighted by atomic mass is 16.5. The molecule has 0 aliphatic carbocycles. The molecule has 0 spiro atoms. The van der Waals surface area contributed by atoms with E-state index in [1.165, 1.54) is 25.9 Å². The number of piperidine rings is 1. The highest BCUT2D eigenvalue weighted by molar-refractivity contribution is 4.99. The molecule has 5 nitrogen and oxygen atoms in total. The third kappa shape index (κ3) is 15.3. The Morgan fingerprint density at radius 2 is 1.68 bits per heavy atom. The lowest BCUT2D eigenvalue weighted by Gasteiger charge is -2.34. The molecule has 5 heteroatoms. The fourth-order valence-electron chi connectivity index (χ4n) is 3.00. The van der Waals surface area contributed by atoms with Crippen LogP contribution in [0.5, 0.6) is 0 Å². The van der Waals surface area contributed by atoms with Gasteiger partial charge in [0.15, 0.2) is 0 Å². The molecular formula is C23H44N2O3. The number of nitrogens with zero attached hydrogens (tertiary/aromatic N) is 1. The Morgan fingerprint density at radius 1 is 0.964 bits per heavy atom. The summed E-state index contributed by atoms with van der Waals surface area (Å²) in [5.74, 6) is 6.85. The lowest BCUT2D eigenvalue weighted by molar-refractivity contribution is 0.0180. The number of nitrogens with one attached hydrogen (secondary N) is 1. The van der Waals surface area contributed by atoms with Crippen LogP contribution in [-0.4, -0.2) is 75.3 Å². The van der Waals surface area contributed by atoms with Crippen LogP contribution in [0.3, 0.4) is 0 Å². The van der Waals surface area contributed by atoms with Gasteiger partial charge in [-0.3, -0.25) is 0 Å². The summed E-state index contributed by atoms with van der Waals surface area (Å²) < 4.78 is 16.8. The van der Waals surface area contributed by atoms with Crippen molar-refractivity contribution < 1.29 is 14.2 Å². The normalized spacial score (nSPS) is 18.7. The minimum Gasteiger partial charge on any atom is -0.378 e. The van der Waals surface area contributed by atoms with Crippen molar-refractivity contribution >= 4 is 0 Å². The van der Waals surface area contributed by atoms with Crippen LogP contribution in [0.2, 0.25) is 0 Å². The summed E-state index contributed by atoms with van der Waals surface area (Å²) in [5.41, 5.74) is 0.0815. The summed E-state index contributed by atoms with van der Waals surface area (Å²) in [6.07, 6.45) is 3.37. The molecule has 28 heavy (non-hydrogen) atoms. The second-order valence-electron chi connectivity index (χ2n) is 9.67. The first kappa shape index (κ1) is 25.4. The first-order valence-corrected chi connectivity index (χ1v) is 10.9. The first-order chi connectivity index (χ1) is 13.2. The Morgan fingerprint density at radius 3 is 2.36 bits per heavy atom. The van der Waals surface area contributed by atoms with Gasteiger partial charge in [0.25, 0.3) is 0 Å². The highest BCUT2D eigenvalue weighted by Crippen LogP contribution is 2.16. The zero-order valence-electron chi connectivity index (χ0n) is 19.2. The van der Waals surface area contributed by atoms with E-state index in [1.54, 1.807) is 0 Å². The molecule has 1 aliphatic rings. The average molecular weight is 397 g/mol. The molecule has 1 atom stereocenters. The number of likely N-dealkylation sites (tertiary alicyclic amines) is 1. The van der Waals surface area contributed by atoms with E-state index in [0.29, 0.717) is 26.4 Å². The molecule has 0 saturated carbocycles. The number of ether oxygens (including phenoxy) is 3. The van der Waals surface area contributed by atoms with Gasteiger partial charge < -0.3 is 24.4 Å². The van der Waals surface area contributed by atoms with Crippen LogP contribution in [-0.2, 0) is 14.2 Å². The summed E-state index contributed by atoms with van der Waals surface area (Å²) in [6.45, 7) is 20.5. The lowest BCUT2D eigenvalue weighted by Crippen LogP contribution is -2.45. The Kier molecular flexibility index (Phi) is 12.3. The van der Waals surface area contributed by atoms with Gasteiger partial charge in [-0.25, -0.2) is 0 Å². The maximum Gasteiger partial charge on any atom is 0.108 e. The first-order valence-electron chi connectivity index (χ1n) is 10.9. The predicted octanol–water partition coefficient (Wildman–Crippen LogP) is 3.33. The largest absolute Gasteiger partial charge is 0.378 e. The molecule has 1 unspecified atom stereocenters. The maximum atomic E-state index is 5.73. The topological polar surface area (TPSA) is 43.0 Å². The van der Waals surface area contributed by atoms with E-state index in [0.717, 1.165) is 32.0 Å². The van der Waals surface area contributed by atoms with Crippen molar-refractivity contribution in [2.75, 3.05) is 59.2 Å². The van der Waals surface area contributed by atoms with Gasteiger partial charge in [0, 0.05) is 25.0 Å². The zero-order chi connectivity index (χ0) is 20.9. The van der Waals surface area contributed by atoms with E-state index in [1.807, 2.05) is 20.8 Å². The van der Waals surface area contributed by atoms with Crippen LogP contribution in [0, 0.1) is 17.8 Å². The standard InChI is InChI=1S/C23H44N2O3/c1-22(2,3)24-19-21-11-10-12-25(20-21)13-16-27-18-17-26-14-8-7-9-15-28-23(4,5)6/h21,24H,8,10-20H2,1-6H3. The minimum absolute atomic E-state index is 0.124. The Bertz CT molecular complexity index is 457. The molecule has 1 rings (SSSR count). The molecule has 1 heterocycles. The Labute approximate surface area is 173 Å². The van der Waals surface area contributed by atoms with Crippen molar-refractivity contribution in [3.05, 3.63) is 0 Å². The Balaban J connectivity index is 1.95. The SMILES string of the molecule is CC(C)(C)NCC1CCCN(CCOCCOCCC#CCOC(C)(C)C)C1. The molecule has 0 aromatic carbocycles. The summed E-state index contributed by atoms with van der Waals surface area (Å²) in [7, 11) is 0. The lowest BCUT2D eigenvalue weighted by atomic mass is 9.96. The Hall–Kier alpha value is -0.640. The monoisotopic (exact) mass is 396 g/mol. The molecule has 0 amide bonds. The molecule has 0 bridgehead atoms. The molecular weight excluding hydrogens is 352 g/mol. The third-order valence-corrected chi connectivity index (χ3v) is 4.52. The fourth-order valence-corrected chi connectivity index (χ4v) is 3.00. The van der Waals surface area contributed by atoms with E-state index in [9.17, 15) is 0 Å². The van der Waals surface area contributed by atoms with Gasteiger partial charge in [-0.2, -0.15) is 0 Å². The van der Waals surface area contributed by atoms with Crippen molar-refractivity contribution in [1.82, 2.24) is 10.2 Å². The van der Waals surface area contributed by atoms with E-state index < -0.39 is 0 Å². The molecule has 164 valence electrons. The highest BCUT2D eigenvalue weighted by Gasteiger charge is 2.21. The number of hydrogen-bond donors (Lipinski definition) is 1. The minimum atomic E-state index is -0.124. The summed E-state index contributed by atoms with van der Waals surface area (Å²) in [4.78, 5) is 2.54. The van der Waals surface area contributed by atoms with Crippen LogP contribution in [0.4, 0.5) is 0 Å². The summed E-state index contributed by atoms with van der Waals surface area (Å²) in [5, 5.41) is 3.64. The molecule has 1 saturated heterocycles.